The molecule has 0 unspecified atom stereocenters. The molecule has 5 rings (SSSR count). The van der Waals surface area contributed by atoms with Gasteiger partial charge in [0.15, 0.2) is 0 Å². The maximum absolute atomic E-state index is 13.7. The Bertz CT molecular complexity index is 1120. The largest absolute Gasteiger partial charge is 0.324 e. The van der Waals surface area contributed by atoms with Crippen LogP contribution >= 0.6 is 47.8 Å². The van der Waals surface area contributed by atoms with Crippen LogP contribution in [0.1, 0.15) is 23.1 Å². The Morgan fingerprint density at radius 2 is 1.53 bits per heavy atom. The highest BCUT2D eigenvalue weighted by Crippen LogP contribution is 2.60. The number of halogens is 3. The molecule has 1 N–H and O–H groups in total. The summed E-state index contributed by atoms with van der Waals surface area (Å²) in [4.78, 5) is 42.6. The fourth-order valence-corrected chi connectivity index (χ4v) is 8.16. The molecule has 178 valence electrons. The maximum atomic E-state index is 13.7. The molecular formula is C26H25Br3N2O3. The molecule has 1 aliphatic heterocycles. The highest BCUT2D eigenvalue weighted by atomic mass is 79.9. The van der Waals surface area contributed by atoms with Gasteiger partial charge in [-0.1, -0.05) is 78.1 Å². The van der Waals surface area contributed by atoms with E-state index < -0.39 is 6.04 Å². The van der Waals surface area contributed by atoms with Gasteiger partial charge in [-0.3, -0.25) is 19.3 Å². The zero-order chi connectivity index (χ0) is 24.3. The van der Waals surface area contributed by atoms with E-state index in [-0.39, 0.29) is 57.5 Å². The van der Waals surface area contributed by atoms with Gasteiger partial charge < -0.3 is 5.32 Å². The van der Waals surface area contributed by atoms with Gasteiger partial charge in [0.05, 0.1) is 11.8 Å². The van der Waals surface area contributed by atoms with Gasteiger partial charge in [-0.2, -0.15) is 0 Å². The van der Waals surface area contributed by atoms with Gasteiger partial charge in [0.1, 0.15) is 6.04 Å². The first-order valence-corrected chi connectivity index (χ1v) is 14.1. The lowest BCUT2D eigenvalue weighted by atomic mass is 9.81. The number of hydrogen-bond acceptors (Lipinski definition) is 3. The third-order valence-electron chi connectivity index (χ3n) is 7.61. The van der Waals surface area contributed by atoms with Gasteiger partial charge in [0, 0.05) is 26.2 Å². The van der Waals surface area contributed by atoms with Crippen LogP contribution in [0.3, 0.4) is 0 Å². The summed E-state index contributed by atoms with van der Waals surface area (Å²) in [6.07, 6.45) is 1.14. The lowest BCUT2D eigenvalue weighted by molar-refractivity contribution is -0.147. The standard InChI is InChI=1S/C26H25Br3N2O3/c1-12-8-15(9-13(2)21(12)27)30-24(32)18(10-14-6-4-3-5-7-14)31-25(33)19-16-11-17(20(19)26(31)34)23(29)22(16)28/h3-9,16-20,22-23H,10-11H2,1-2H3,(H,30,32)/t16-,17-,18-,19-,20-,22-,23+/m0/s1. The molecule has 3 aliphatic rings. The third kappa shape index (κ3) is 3.90. The zero-order valence-corrected chi connectivity index (χ0v) is 23.6. The van der Waals surface area contributed by atoms with Crippen LogP contribution in [-0.2, 0) is 20.8 Å². The second-order valence-corrected chi connectivity index (χ2v) is 12.6. The Hall–Kier alpha value is -1.51. The molecule has 0 aromatic heterocycles. The summed E-state index contributed by atoms with van der Waals surface area (Å²) in [5.41, 5.74) is 3.56. The fraction of sp³-hybridized carbons (Fsp3) is 0.423. The summed E-state index contributed by atoms with van der Waals surface area (Å²) in [6.45, 7) is 3.93. The molecule has 7 atom stereocenters. The van der Waals surface area contributed by atoms with Gasteiger partial charge in [-0.05, 0) is 60.9 Å². The van der Waals surface area contributed by atoms with E-state index in [1.54, 1.807) is 0 Å². The number of fused-ring (bicyclic) bond motifs is 5. The van der Waals surface area contributed by atoms with Crippen molar-refractivity contribution < 1.29 is 14.4 Å². The smallest absolute Gasteiger partial charge is 0.248 e. The third-order valence-corrected chi connectivity index (χ3v) is 12.1. The van der Waals surface area contributed by atoms with Crippen molar-refractivity contribution in [2.45, 2.75) is 42.4 Å². The monoisotopic (exact) mass is 650 g/mol. The molecule has 3 amide bonds. The topological polar surface area (TPSA) is 66.5 Å². The molecule has 8 heteroatoms. The number of amides is 3. The van der Waals surface area contributed by atoms with E-state index in [0.29, 0.717) is 5.69 Å². The molecule has 2 saturated carbocycles. The van der Waals surface area contributed by atoms with E-state index in [4.69, 9.17) is 0 Å². The quantitative estimate of drug-likeness (QED) is 0.348. The van der Waals surface area contributed by atoms with Crippen molar-refractivity contribution in [3.05, 3.63) is 63.6 Å². The number of hydrogen-bond donors (Lipinski definition) is 1. The second-order valence-electron chi connectivity index (χ2n) is 9.67. The van der Waals surface area contributed by atoms with E-state index in [0.717, 1.165) is 27.6 Å². The molecule has 1 heterocycles. The van der Waals surface area contributed by atoms with Crippen LogP contribution in [0.5, 0.6) is 0 Å². The van der Waals surface area contributed by atoms with E-state index in [9.17, 15) is 14.4 Å². The van der Waals surface area contributed by atoms with Gasteiger partial charge >= 0.3 is 0 Å². The minimum absolute atomic E-state index is 0.109. The van der Waals surface area contributed by atoms with Crippen molar-refractivity contribution in [1.29, 1.82) is 0 Å². The van der Waals surface area contributed by atoms with E-state index in [2.05, 4.69) is 53.1 Å². The molecular weight excluding hydrogens is 628 g/mol. The zero-order valence-electron chi connectivity index (χ0n) is 18.8. The van der Waals surface area contributed by atoms with Gasteiger partial charge in [-0.15, -0.1) is 0 Å². The summed E-state index contributed by atoms with van der Waals surface area (Å²) in [5.74, 6) is -1.23. The van der Waals surface area contributed by atoms with Crippen LogP contribution < -0.4 is 5.32 Å². The molecule has 34 heavy (non-hydrogen) atoms. The predicted molar refractivity (Wildman–Crippen MR) is 142 cm³/mol. The van der Waals surface area contributed by atoms with E-state index in [1.807, 2.05) is 56.3 Å². The highest BCUT2D eigenvalue weighted by Gasteiger charge is 2.67. The minimum atomic E-state index is -0.904. The number of nitrogens with zero attached hydrogens (tertiary/aromatic N) is 1. The van der Waals surface area contributed by atoms with Crippen molar-refractivity contribution in [3.63, 3.8) is 0 Å². The summed E-state index contributed by atoms with van der Waals surface area (Å²) >= 11 is 11.0. The first-order chi connectivity index (χ1) is 16.2. The fourth-order valence-electron chi connectivity index (χ4n) is 6.06. The number of likely N-dealkylation sites (tertiary alicyclic amines) is 1. The lowest BCUT2D eigenvalue weighted by Crippen LogP contribution is -2.49. The highest BCUT2D eigenvalue weighted by molar-refractivity contribution is 9.12. The normalized spacial score (nSPS) is 30.6. The van der Waals surface area contributed by atoms with Gasteiger partial charge in [0.25, 0.3) is 0 Å². The number of benzene rings is 2. The van der Waals surface area contributed by atoms with Crippen LogP contribution in [-0.4, -0.2) is 38.3 Å². The van der Waals surface area contributed by atoms with Crippen LogP contribution in [0.2, 0.25) is 0 Å². The average molecular weight is 653 g/mol. The average Bonchev–Trinajstić information content (AvgIpc) is 3.41. The Kier molecular flexibility index (Phi) is 6.53. The number of imide groups is 1. The molecule has 5 nitrogen and oxygen atoms in total. The predicted octanol–water partition coefficient (Wildman–Crippen LogP) is 5.39. The first-order valence-electron chi connectivity index (χ1n) is 11.5. The van der Waals surface area contributed by atoms with E-state index >= 15 is 0 Å². The Balaban J connectivity index is 1.48. The Morgan fingerprint density at radius 1 is 1.00 bits per heavy atom. The van der Waals surface area contributed by atoms with Gasteiger partial charge in [-0.25, -0.2) is 0 Å². The molecule has 3 fully saturated rings. The second kappa shape index (κ2) is 9.17. The molecule has 2 aromatic carbocycles. The summed E-state index contributed by atoms with van der Waals surface area (Å²) < 4.78 is 0.994. The summed E-state index contributed by atoms with van der Waals surface area (Å²) in [6, 6.07) is 12.4. The number of nitrogens with one attached hydrogen (secondary N) is 1. The Morgan fingerprint density at radius 3 is 2.06 bits per heavy atom. The van der Waals surface area contributed by atoms with Crippen molar-refractivity contribution in [2.75, 3.05) is 5.32 Å². The number of carbonyl (C=O) groups excluding carboxylic acids is 3. The Labute approximate surface area is 224 Å². The first kappa shape index (κ1) is 24.2. The molecule has 2 aliphatic carbocycles. The van der Waals surface area contributed by atoms with Gasteiger partial charge in [0.2, 0.25) is 17.7 Å². The molecule has 1 saturated heterocycles. The summed E-state index contributed by atoms with van der Waals surface area (Å²) in [7, 11) is 0. The van der Waals surface area contributed by atoms with Crippen molar-refractivity contribution in [3.8, 4) is 0 Å². The number of carbonyl (C=O) groups is 3. The molecule has 2 aromatic rings. The molecule has 2 bridgehead atoms. The minimum Gasteiger partial charge on any atom is -0.324 e. The number of anilines is 1. The van der Waals surface area contributed by atoms with Crippen molar-refractivity contribution in [1.82, 2.24) is 4.90 Å². The van der Waals surface area contributed by atoms with Crippen LogP contribution in [0, 0.1) is 37.5 Å². The van der Waals surface area contributed by atoms with E-state index in [1.165, 1.54) is 4.90 Å². The van der Waals surface area contributed by atoms with Crippen LogP contribution in [0.25, 0.3) is 0 Å². The number of aryl methyl sites for hydroxylation is 2. The lowest BCUT2D eigenvalue weighted by Gasteiger charge is -2.28. The molecule has 0 radical (unpaired) electrons. The van der Waals surface area contributed by atoms with Crippen LogP contribution in [0.4, 0.5) is 5.69 Å². The number of alkyl halides is 2. The maximum Gasteiger partial charge on any atom is 0.248 e. The summed E-state index contributed by atoms with van der Waals surface area (Å²) in [5, 5.41) is 2.99. The van der Waals surface area contributed by atoms with Crippen molar-refractivity contribution >= 4 is 71.2 Å². The SMILES string of the molecule is Cc1cc(NC(=O)[C@H](Cc2ccccc2)N2C(=O)[C@H]3[C@@H]4C[C@H]([C@@H](Br)[C@H]4Br)[C@@H]3C2=O)cc(C)c1Br. The molecule has 0 spiro atoms. The van der Waals surface area contributed by atoms with Crippen molar-refractivity contribution in [2.24, 2.45) is 23.7 Å². The van der Waals surface area contributed by atoms with Crippen LogP contribution in [0.15, 0.2) is 46.9 Å². The number of rotatable bonds is 5.